The number of nitrogens with two attached hydrogens (primary N) is 1. The normalized spacial score (nSPS) is 25.4. The van der Waals surface area contributed by atoms with Gasteiger partial charge in [-0.1, -0.05) is 13.8 Å². The molecule has 1 saturated heterocycles. The Hall–Kier alpha value is -1.38. The maximum atomic E-state index is 10.2. The predicted octanol–water partition coefficient (Wildman–Crippen LogP) is 1.45. The van der Waals surface area contributed by atoms with E-state index in [-0.39, 0.29) is 12.3 Å². The van der Waals surface area contributed by atoms with E-state index in [9.17, 15) is 5.11 Å². The fourth-order valence-electron chi connectivity index (χ4n) is 2.54. The summed E-state index contributed by atoms with van der Waals surface area (Å²) in [6.45, 7) is 4.37. The first kappa shape index (κ1) is 15.5. The van der Waals surface area contributed by atoms with Crippen LogP contribution in [0.5, 0.6) is 0 Å². The summed E-state index contributed by atoms with van der Waals surface area (Å²) < 4.78 is 7.82. The number of rotatable bonds is 5. The minimum Gasteiger partial charge on any atom is -0.390 e. The van der Waals surface area contributed by atoms with E-state index in [1.165, 1.54) is 6.33 Å². The minimum absolute atomic E-state index is 0.162. The molecule has 1 fully saturated rings. The second-order valence-corrected chi connectivity index (χ2v) is 7.02. The Balaban J connectivity index is 1.72. The van der Waals surface area contributed by atoms with Crippen molar-refractivity contribution in [3.05, 3.63) is 12.7 Å². The van der Waals surface area contributed by atoms with Gasteiger partial charge in [-0.2, -0.15) is 11.8 Å². The molecule has 3 atom stereocenters. The van der Waals surface area contributed by atoms with Crippen LogP contribution in [0.1, 0.15) is 26.5 Å². The van der Waals surface area contributed by atoms with E-state index in [0.717, 1.165) is 11.5 Å². The third kappa shape index (κ3) is 3.04. The molecular weight excluding hydrogens is 302 g/mol. The average molecular weight is 323 g/mol. The van der Waals surface area contributed by atoms with Crippen molar-refractivity contribution in [1.82, 2.24) is 19.5 Å². The maximum absolute atomic E-state index is 10.2. The summed E-state index contributed by atoms with van der Waals surface area (Å²) in [5.74, 6) is 2.84. The van der Waals surface area contributed by atoms with Gasteiger partial charge in [-0.05, 0) is 11.7 Å². The van der Waals surface area contributed by atoms with Crippen molar-refractivity contribution in [3.63, 3.8) is 0 Å². The Morgan fingerprint density at radius 2 is 2.27 bits per heavy atom. The minimum atomic E-state index is -0.471. The Bertz CT molecular complexity index is 647. The summed E-state index contributed by atoms with van der Waals surface area (Å²) in [5, 5.41) is 10.2. The highest BCUT2D eigenvalue weighted by molar-refractivity contribution is 7.99. The zero-order valence-corrected chi connectivity index (χ0v) is 13.5. The fraction of sp³-hybridized carbons (Fsp3) is 0.643. The van der Waals surface area contributed by atoms with E-state index in [1.807, 2.05) is 16.3 Å². The highest BCUT2D eigenvalue weighted by Gasteiger charge is 2.35. The lowest BCUT2D eigenvalue weighted by Crippen LogP contribution is -2.23. The molecule has 1 aliphatic rings. The Labute approximate surface area is 133 Å². The van der Waals surface area contributed by atoms with Gasteiger partial charge in [0.1, 0.15) is 18.1 Å². The first-order chi connectivity index (χ1) is 10.6. The van der Waals surface area contributed by atoms with Crippen molar-refractivity contribution >= 4 is 28.7 Å². The third-order valence-electron chi connectivity index (χ3n) is 3.63. The van der Waals surface area contributed by atoms with Crippen molar-refractivity contribution in [2.24, 2.45) is 5.92 Å². The molecule has 3 N–H and O–H groups in total. The van der Waals surface area contributed by atoms with Gasteiger partial charge in [-0.15, -0.1) is 0 Å². The standard InChI is InChI=1S/C14H21N5O2S/c1-8(2)4-22-5-10-9(20)3-11(21-10)19-7-18-12-13(15)16-6-17-14(12)19/h6-11,20H,3-5H2,1-2H3,(H2,15,16,17)/t9-,10+,11+/m0/s1. The van der Waals surface area contributed by atoms with Crippen LogP contribution in [0.4, 0.5) is 5.82 Å². The van der Waals surface area contributed by atoms with Gasteiger partial charge in [-0.25, -0.2) is 15.0 Å². The van der Waals surface area contributed by atoms with Gasteiger partial charge in [0.15, 0.2) is 11.5 Å². The molecule has 0 bridgehead atoms. The zero-order valence-electron chi connectivity index (χ0n) is 12.7. The highest BCUT2D eigenvalue weighted by atomic mass is 32.2. The number of hydrogen-bond acceptors (Lipinski definition) is 7. The van der Waals surface area contributed by atoms with E-state index in [0.29, 0.717) is 29.3 Å². The van der Waals surface area contributed by atoms with Crippen molar-refractivity contribution in [1.29, 1.82) is 0 Å². The van der Waals surface area contributed by atoms with Gasteiger partial charge in [-0.3, -0.25) is 4.57 Å². The van der Waals surface area contributed by atoms with Crippen LogP contribution < -0.4 is 5.73 Å². The van der Waals surface area contributed by atoms with Crippen molar-refractivity contribution in [3.8, 4) is 0 Å². The predicted molar refractivity (Wildman–Crippen MR) is 86.4 cm³/mol. The second kappa shape index (κ2) is 6.39. The molecule has 8 heteroatoms. The number of nitrogen functional groups attached to an aromatic ring is 1. The van der Waals surface area contributed by atoms with Crippen LogP contribution in [-0.2, 0) is 4.74 Å². The van der Waals surface area contributed by atoms with Crippen LogP contribution in [0.15, 0.2) is 12.7 Å². The number of thioether (sulfide) groups is 1. The first-order valence-electron chi connectivity index (χ1n) is 7.40. The lowest BCUT2D eigenvalue weighted by atomic mass is 10.2. The topological polar surface area (TPSA) is 99.1 Å². The lowest BCUT2D eigenvalue weighted by molar-refractivity contribution is -0.00372. The summed E-state index contributed by atoms with van der Waals surface area (Å²) in [7, 11) is 0. The van der Waals surface area contributed by atoms with Gasteiger partial charge >= 0.3 is 0 Å². The average Bonchev–Trinajstić information content (AvgIpc) is 3.04. The molecule has 0 spiro atoms. The number of nitrogens with zero attached hydrogens (tertiary/aromatic N) is 4. The Morgan fingerprint density at radius 1 is 1.45 bits per heavy atom. The second-order valence-electron chi connectivity index (χ2n) is 5.95. The van der Waals surface area contributed by atoms with Crippen LogP contribution in [0.25, 0.3) is 11.2 Å². The van der Waals surface area contributed by atoms with Gasteiger partial charge in [0, 0.05) is 12.2 Å². The monoisotopic (exact) mass is 323 g/mol. The number of aliphatic hydroxyl groups is 1. The summed E-state index contributed by atoms with van der Waals surface area (Å²) >= 11 is 1.81. The van der Waals surface area contributed by atoms with Gasteiger partial charge in [0.25, 0.3) is 0 Å². The molecule has 0 unspecified atom stereocenters. The number of ether oxygens (including phenoxy) is 1. The fourth-order valence-corrected chi connectivity index (χ4v) is 3.68. The largest absolute Gasteiger partial charge is 0.390 e. The van der Waals surface area contributed by atoms with Gasteiger partial charge in [0.05, 0.1) is 18.5 Å². The number of fused-ring (bicyclic) bond motifs is 1. The third-order valence-corrected chi connectivity index (χ3v) is 5.10. The number of imidazole rings is 1. The number of anilines is 1. The molecule has 0 radical (unpaired) electrons. The number of aliphatic hydroxyl groups excluding tert-OH is 1. The summed E-state index contributed by atoms with van der Waals surface area (Å²) in [5.41, 5.74) is 7.00. The van der Waals surface area contributed by atoms with E-state index >= 15 is 0 Å². The van der Waals surface area contributed by atoms with Crippen LogP contribution in [0.2, 0.25) is 0 Å². The number of aromatic nitrogens is 4. The van der Waals surface area contributed by atoms with Crippen molar-refractivity contribution in [2.45, 2.75) is 38.7 Å². The summed E-state index contributed by atoms with van der Waals surface area (Å²) in [6, 6.07) is 0. The SMILES string of the molecule is CC(C)CSC[C@H]1O[C@@H](n2cnc3c(N)ncnc32)C[C@@H]1O. The molecule has 120 valence electrons. The molecule has 2 aromatic heterocycles. The van der Waals surface area contributed by atoms with Crippen LogP contribution in [0.3, 0.4) is 0 Å². The van der Waals surface area contributed by atoms with Crippen molar-refractivity contribution in [2.75, 3.05) is 17.2 Å². The van der Waals surface area contributed by atoms with E-state index in [2.05, 4.69) is 28.8 Å². The van der Waals surface area contributed by atoms with Crippen LogP contribution in [-0.4, -0.2) is 48.3 Å². The number of hydrogen-bond donors (Lipinski definition) is 2. The molecule has 3 heterocycles. The molecule has 1 aliphatic heterocycles. The van der Waals surface area contributed by atoms with E-state index in [4.69, 9.17) is 10.5 Å². The smallest absolute Gasteiger partial charge is 0.167 e. The quantitative estimate of drug-likeness (QED) is 0.859. The molecular formula is C14H21N5O2S. The molecule has 3 rings (SSSR count). The Kier molecular flexibility index (Phi) is 4.51. The molecule has 0 aliphatic carbocycles. The molecule has 0 amide bonds. The van der Waals surface area contributed by atoms with Gasteiger partial charge in [0.2, 0.25) is 0 Å². The zero-order chi connectivity index (χ0) is 15.7. The summed E-state index contributed by atoms with van der Waals surface area (Å²) in [4.78, 5) is 12.4. The molecule has 0 saturated carbocycles. The molecule has 2 aromatic rings. The summed E-state index contributed by atoms with van der Waals surface area (Å²) in [6.07, 6.45) is 2.70. The van der Waals surface area contributed by atoms with E-state index < -0.39 is 6.10 Å². The van der Waals surface area contributed by atoms with Gasteiger partial charge < -0.3 is 15.6 Å². The van der Waals surface area contributed by atoms with Crippen molar-refractivity contribution < 1.29 is 9.84 Å². The van der Waals surface area contributed by atoms with E-state index in [1.54, 1.807) is 6.33 Å². The first-order valence-corrected chi connectivity index (χ1v) is 8.56. The highest BCUT2D eigenvalue weighted by Crippen LogP contribution is 2.32. The van der Waals surface area contributed by atoms with Crippen LogP contribution >= 0.6 is 11.8 Å². The molecule has 0 aromatic carbocycles. The maximum Gasteiger partial charge on any atom is 0.167 e. The van der Waals surface area contributed by atoms with Crippen LogP contribution in [0, 0.1) is 5.92 Å². The molecule has 22 heavy (non-hydrogen) atoms. The Morgan fingerprint density at radius 3 is 3.05 bits per heavy atom. The lowest BCUT2D eigenvalue weighted by Gasteiger charge is -2.16. The molecule has 7 nitrogen and oxygen atoms in total.